The van der Waals surface area contributed by atoms with Gasteiger partial charge in [-0.1, -0.05) is 38.0 Å². The Morgan fingerprint density at radius 3 is 2.18 bits per heavy atom. The number of ether oxygens (including phenoxy) is 1. The molecule has 0 radical (unpaired) electrons. The van der Waals surface area contributed by atoms with Crippen LogP contribution < -0.4 is 15.0 Å². The first kappa shape index (κ1) is 34.4. The molecule has 11 heteroatoms. The molecule has 0 heterocycles. The molecule has 0 saturated carbocycles. The lowest BCUT2D eigenvalue weighted by Crippen LogP contribution is -2.28. The van der Waals surface area contributed by atoms with Gasteiger partial charge in [0.25, 0.3) is 0 Å². The van der Waals surface area contributed by atoms with Gasteiger partial charge >= 0.3 is 12.9 Å². The van der Waals surface area contributed by atoms with Gasteiger partial charge in [0.2, 0.25) is 6.41 Å². The second-order valence-corrected chi connectivity index (χ2v) is 7.16. The van der Waals surface area contributed by atoms with Crippen LogP contribution >= 0.6 is 0 Å². The van der Waals surface area contributed by atoms with E-state index >= 15 is 0 Å². The second kappa shape index (κ2) is 17.0. The molecule has 210 valence electrons. The summed E-state index contributed by atoms with van der Waals surface area (Å²) in [7, 11) is 0. The van der Waals surface area contributed by atoms with Gasteiger partial charge in [0.1, 0.15) is 11.9 Å². The first-order valence-corrected chi connectivity index (χ1v) is 11.5. The maximum Gasteiger partial charge on any atom is 0.573 e. The summed E-state index contributed by atoms with van der Waals surface area (Å²) < 4.78 is 69.0. The Hall–Kier alpha value is -3.62. The Morgan fingerprint density at radius 2 is 1.76 bits per heavy atom. The van der Waals surface area contributed by atoms with Crippen LogP contribution in [0.1, 0.15) is 50.5 Å². The van der Waals surface area contributed by atoms with Gasteiger partial charge < -0.3 is 20.3 Å². The van der Waals surface area contributed by atoms with E-state index in [-0.39, 0.29) is 28.9 Å². The molecule has 0 spiro atoms. The fourth-order valence-corrected chi connectivity index (χ4v) is 3.37. The van der Waals surface area contributed by atoms with E-state index in [1.54, 1.807) is 6.08 Å². The highest BCUT2D eigenvalue weighted by atomic mass is 19.4. The minimum absolute atomic E-state index is 0.0619. The summed E-state index contributed by atoms with van der Waals surface area (Å²) in [5, 5.41) is 22.3. The van der Waals surface area contributed by atoms with Crippen LogP contribution in [0.2, 0.25) is 0 Å². The zero-order valence-electron chi connectivity index (χ0n) is 21.9. The van der Waals surface area contributed by atoms with E-state index in [1.807, 2.05) is 20.8 Å². The van der Waals surface area contributed by atoms with Crippen molar-refractivity contribution < 1.29 is 41.7 Å². The summed E-state index contributed by atoms with van der Waals surface area (Å²) in [4.78, 5) is 11.3. The molecular formula is C27H33F5N2O4. The van der Waals surface area contributed by atoms with Gasteiger partial charge in [-0.2, -0.15) is 8.78 Å². The van der Waals surface area contributed by atoms with Crippen LogP contribution in [0.3, 0.4) is 0 Å². The van der Waals surface area contributed by atoms with Crippen molar-refractivity contribution in [3.8, 4) is 28.8 Å². The summed E-state index contributed by atoms with van der Waals surface area (Å²) in [6.07, 6.45) is -4.33. The number of hydrogen-bond donors (Lipinski definition) is 3. The van der Waals surface area contributed by atoms with Crippen LogP contribution in [0.15, 0.2) is 43.0 Å². The van der Waals surface area contributed by atoms with Crippen molar-refractivity contribution in [2.45, 2.75) is 60.2 Å². The van der Waals surface area contributed by atoms with Crippen molar-refractivity contribution in [2.75, 3.05) is 11.5 Å². The molecule has 0 fully saturated rings. The Morgan fingerprint density at radius 1 is 1.21 bits per heavy atom. The zero-order valence-corrected chi connectivity index (χ0v) is 21.9. The summed E-state index contributed by atoms with van der Waals surface area (Å²) in [6, 6.07) is 8.51. The van der Waals surface area contributed by atoms with Gasteiger partial charge in [-0.15, -0.1) is 19.8 Å². The van der Waals surface area contributed by atoms with E-state index < -0.39 is 31.4 Å². The average molecular weight is 545 g/mol. The Balaban J connectivity index is 0.00000255. The third-order valence-electron chi connectivity index (χ3n) is 4.63. The lowest BCUT2D eigenvalue weighted by molar-refractivity contribution is -0.274. The van der Waals surface area contributed by atoms with Crippen molar-refractivity contribution >= 4 is 12.1 Å². The molecule has 0 saturated heterocycles. The topological polar surface area (TPSA) is 82.0 Å². The summed E-state index contributed by atoms with van der Waals surface area (Å²) >= 11 is 0. The highest BCUT2D eigenvalue weighted by Gasteiger charge is 2.31. The van der Waals surface area contributed by atoms with Gasteiger partial charge in [-0.3, -0.25) is 4.79 Å². The fourth-order valence-electron chi connectivity index (χ4n) is 3.37. The molecule has 0 aliphatic heterocycles. The van der Waals surface area contributed by atoms with E-state index in [0.717, 1.165) is 12.1 Å². The van der Waals surface area contributed by atoms with Crippen molar-refractivity contribution in [1.82, 2.24) is 5.32 Å². The maximum absolute atomic E-state index is 13.9. The number of nitrogens with one attached hydrogen (secondary N) is 1. The number of aliphatic hydroxyl groups excluding tert-OH is 2. The quantitative estimate of drug-likeness (QED) is 0.0893. The van der Waals surface area contributed by atoms with E-state index in [9.17, 15) is 37.0 Å². The van der Waals surface area contributed by atoms with Crippen LogP contribution in [-0.4, -0.2) is 36.1 Å². The molecule has 2 rings (SSSR count). The Labute approximate surface area is 219 Å². The molecule has 3 N–H and O–H groups in total. The summed E-state index contributed by atoms with van der Waals surface area (Å²) in [6.45, 7) is 7.99. The number of aliphatic hydroxyl groups is 2. The van der Waals surface area contributed by atoms with Crippen molar-refractivity contribution in [3.63, 3.8) is 0 Å². The van der Waals surface area contributed by atoms with Crippen LogP contribution in [0.5, 0.6) is 5.75 Å². The minimum atomic E-state index is -4.88. The lowest BCUT2D eigenvalue weighted by atomic mass is 9.89. The van der Waals surface area contributed by atoms with Gasteiger partial charge in [0, 0.05) is 18.2 Å². The lowest BCUT2D eigenvalue weighted by Gasteiger charge is -2.28. The Bertz CT molecular complexity index is 1080. The summed E-state index contributed by atoms with van der Waals surface area (Å²) in [5.74, 6) is 1.90. The molecule has 1 amide bonds. The number of hydrogen-bond acceptors (Lipinski definition) is 5. The standard InChI is InChI=1S/C22H21F5N2O4.C3H6.C2H6/c1-3-8-29(21(23)24)20-13(2)17(9-15(10-28-12-31)19(20)18(32)11-30)14-4-6-16(7-5-14)33-22(25,26)27;1-3-2;1-2/h4-7,9,12,18,21,30,32H,10-11H2,1-2H3,(H,28,31);3H,1H2,2H3;1-2H3. The predicted molar refractivity (Wildman–Crippen MR) is 137 cm³/mol. The smallest absolute Gasteiger partial charge is 0.406 e. The minimum Gasteiger partial charge on any atom is -0.406 e. The first-order valence-electron chi connectivity index (χ1n) is 11.5. The van der Waals surface area contributed by atoms with E-state index in [2.05, 4.69) is 28.6 Å². The molecule has 1 unspecified atom stereocenters. The molecule has 2 aromatic rings. The maximum atomic E-state index is 13.9. The summed E-state index contributed by atoms with van der Waals surface area (Å²) in [5.41, 5.74) is 0.881. The first-order chi connectivity index (χ1) is 17.9. The molecule has 38 heavy (non-hydrogen) atoms. The van der Waals surface area contributed by atoms with Gasteiger partial charge in [-0.05, 0) is 61.2 Å². The fraction of sp³-hybridized carbons (Fsp3) is 0.370. The number of allylic oxidation sites excluding steroid dienone is 1. The monoisotopic (exact) mass is 544 g/mol. The number of alkyl halides is 5. The molecule has 0 aliphatic rings. The van der Waals surface area contributed by atoms with Gasteiger partial charge in [0.15, 0.2) is 0 Å². The largest absolute Gasteiger partial charge is 0.573 e. The number of amides is 1. The van der Waals surface area contributed by atoms with Gasteiger partial charge in [-0.25, -0.2) is 4.90 Å². The number of anilines is 1. The number of halogens is 5. The molecule has 1 atom stereocenters. The van der Waals surface area contributed by atoms with Crippen LogP contribution in [-0.2, 0) is 11.3 Å². The van der Waals surface area contributed by atoms with Crippen LogP contribution in [0.4, 0.5) is 27.6 Å². The third-order valence-corrected chi connectivity index (χ3v) is 4.63. The number of carbonyl (C=O) groups is 1. The second-order valence-electron chi connectivity index (χ2n) is 7.16. The van der Waals surface area contributed by atoms with E-state index in [4.69, 9.17) is 0 Å². The molecule has 0 aliphatic carbocycles. The highest BCUT2D eigenvalue weighted by molar-refractivity contribution is 5.80. The van der Waals surface area contributed by atoms with Crippen molar-refractivity contribution in [2.24, 2.45) is 0 Å². The number of benzene rings is 2. The van der Waals surface area contributed by atoms with Crippen molar-refractivity contribution in [1.29, 1.82) is 0 Å². The average Bonchev–Trinajstić information content (AvgIpc) is 2.87. The Kier molecular flexibility index (Phi) is 15.4. The number of carbonyl (C=O) groups excluding carboxylic acids is 1. The van der Waals surface area contributed by atoms with Crippen LogP contribution in [0.25, 0.3) is 11.1 Å². The van der Waals surface area contributed by atoms with Crippen LogP contribution in [0, 0.1) is 18.9 Å². The van der Waals surface area contributed by atoms with Crippen molar-refractivity contribution in [3.05, 3.63) is 59.7 Å². The van der Waals surface area contributed by atoms with Gasteiger partial charge in [0.05, 0.1) is 12.3 Å². The highest BCUT2D eigenvalue weighted by Crippen LogP contribution is 2.41. The molecular weight excluding hydrogens is 511 g/mol. The number of nitrogens with zero attached hydrogens (tertiary/aromatic N) is 1. The SMILES string of the molecule is C=CC.CC.CC#CN(c1c(C)c(-c2ccc(OC(F)(F)F)cc2)cc(CNC=O)c1C(O)CO)C(F)F. The van der Waals surface area contributed by atoms with E-state index in [1.165, 1.54) is 32.0 Å². The predicted octanol–water partition coefficient (Wildman–Crippen LogP) is 6.06. The number of rotatable bonds is 9. The normalized spacial score (nSPS) is 11.0. The molecule has 6 nitrogen and oxygen atoms in total. The molecule has 0 aromatic heterocycles. The third kappa shape index (κ3) is 10.0. The zero-order chi connectivity index (χ0) is 29.5. The van der Waals surface area contributed by atoms with E-state index in [0.29, 0.717) is 22.4 Å². The molecule has 0 bridgehead atoms. The molecule has 2 aromatic carbocycles.